The highest BCUT2D eigenvalue weighted by atomic mass is 32.2. The quantitative estimate of drug-likeness (QED) is 0.311. The summed E-state index contributed by atoms with van der Waals surface area (Å²) in [4.78, 5) is 4.23. The highest BCUT2D eigenvalue weighted by Crippen LogP contribution is 2.25. The molecule has 0 N–H and O–H groups in total. The van der Waals surface area contributed by atoms with Gasteiger partial charge in [-0.2, -0.15) is 0 Å². The van der Waals surface area contributed by atoms with Gasteiger partial charge < -0.3 is 4.74 Å². The lowest BCUT2D eigenvalue weighted by atomic mass is 10.2. The minimum atomic E-state index is 0.605. The molecular formula is C23H22N4OS. The van der Waals surface area contributed by atoms with Crippen molar-refractivity contribution in [1.82, 2.24) is 19.7 Å². The number of nitrogens with zero attached hydrogens (tertiary/aromatic N) is 4. The number of aromatic nitrogens is 4. The van der Waals surface area contributed by atoms with Crippen LogP contribution in [0.3, 0.4) is 0 Å². The van der Waals surface area contributed by atoms with Crippen LogP contribution in [0.4, 0.5) is 0 Å². The van der Waals surface area contributed by atoms with Crippen molar-refractivity contribution in [2.45, 2.75) is 18.6 Å². The summed E-state index contributed by atoms with van der Waals surface area (Å²) in [6.45, 7) is 3.38. The van der Waals surface area contributed by atoms with E-state index in [-0.39, 0.29) is 0 Å². The fourth-order valence-electron chi connectivity index (χ4n) is 2.94. The van der Waals surface area contributed by atoms with Crippen LogP contribution in [0.2, 0.25) is 0 Å². The predicted molar refractivity (Wildman–Crippen MR) is 116 cm³/mol. The van der Waals surface area contributed by atoms with E-state index in [9.17, 15) is 0 Å². The summed E-state index contributed by atoms with van der Waals surface area (Å²) < 4.78 is 7.99. The lowest BCUT2D eigenvalue weighted by Gasteiger charge is -2.11. The number of pyridine rings is 1. The SMILES string of the molecule is Cc1ccc(OCCSc2nnc(-c3cccnc3)n2Cc2ccccc2)cc1. The smallest absolute Gasteiger partial charge is 0.191 e. The summed E-state index contributed by atoms with van der Waals surface area (Å²) >= 11 is 1.65. The van der Waals surface area contributed by atoms with Gasteiger partial charge in [-0.1, -0.05) is 59.8 Å². The van der Waals surface area contributed by atoms with Crippen LogP contribution in [0, 0.1) is 6.92 Å². The predicted octanol–water partition coefficient (Wildman–Crippen LogP) is 4.87. The number of benzene rings is 2. The van der Waals surface area contributed by atoms with E-state index in [4.69, 9.17) is 4.74 Å². The first-order chi connectivity index (χ1) is 14.3. The normalized spacial score (nSPS) is 10.8. The van der Waals surface area contributed by atoms with Crippen molar-refractivity contribution in [3.05, 3.63) is 90.3 Å². The molecule has 5 nitrogen and oxygen atoms in total. The Hall–Kier alpha value is -3.12. The molecule has 146 valence electrons. The van der Waals surface area contributed by atoms with Gasteiger partial charge in [0.25, 0.3) is 0 Å². The van der Waals surface area contributed by atoms with Crippen molar-refractivity contribution in [3.63, 3.8) is 0 Å². The monoisotopic (exact) mass is 402 g/mol. The number of hydrogen-bond donors (Lipinski definition) is 0. The van der Waals surface area contributed by atoms with Crippen LogP contribution >= 0.6 is 11.8 Å². The van der Waals surface area contributed by atoms with Crippen molar-refractivity contribution >= 4 is 11.8 Å². The van der Waals surface area contributed by atoms with Crippen molar-refractivity contribution in [2.75, 3.05) is 12.4 Å². The molecule has 0 amide bonds. The molecule has 0 aliphatic heterocycles. The molecule has 0 spiro atoms. The molecule has 0 fully saturated rings. The molecule has 4 rings (SSSR count). The molecule has 2 aromatic heterocycles. The second-order valence-electron chi connectivity index (χ2n) is 6.63. The lowest BCUT2D eigenvalue weighted by molar-refractivity contribution is 0.343. The number of rotatable bonds is 8. The van der Waals surface area contributed by atoms with E-state index in [1.54, 1.807) is 18.0 Å². The standard InChI is InChI=1S/C23H22N4OS/c1-18-9-11-21(12-10-18)28-14-15-29-23-26-25-22(20-8-5-13-24-16-20)27(23)17-19-6-3-2-4-7-19/h2-13,16H,14-15,17H2,1H3. The molecule has 29 heavy (non-hydrogen) atoms. The van der Waals surface area contributed by atoms with Crippen molar-refractivity contribution in [2.24, 2.45) is 0 Å². The van der Waals surface area contributed by atoms with Crippen LogP contribution < -0.4 is 4.74 Å². The van der Waals surface area contributed by atoms with Crippen LogP contribution in [0.1, 0.15) is 11.1 Å². The maximum atomic E-state index is 5.84. The Kier molecular flexibility index (Phi) is 6.22. The van der Waals surface area contributed by atoms with Crippen molar-refractivity contribution < 1.29 is 4.74 Å². The molecule has 0 atom stereocenters. The summed E-state index contributed by atoms with van der Waals surface area (Å²) in [5.41, 5.74) is 3.39. The summed E-state index contributed by atoms with van der Waals surface area (Å²) in [6, 6.07) is 22.4. The summed E-state index contributed by atoms with van der Waals surface area (Å²) in [5.74, 6) is 2.50. The number of ether oxygens (including phenoxy) is 1. The van der Waals surface area contributed by atoms with E-state index in [1.165, 1.54) is 11.1 Å². The summed E-state index contributed by atoms with van der Waals surface area (Å²) in [5, 5.41) is 9.75. The van der Waals surface area contributed by atoms with Gasteiger partial charge in [0.05, 0.1) is 13.2 Å². The van der Waals surface area contributed by atoms with Crippen LogP contribution in [0.5, 0.6) is 5.75 Å². The average molecular weight is 403 g/mol. The fourth-order valence-corrected chi connectivity index (χ4v) is 3.69. The van der Waals surface area contributed by atoms with Gasteiger partial charge in [-0.25, -0.2) is 0 Å². The topological polar surface area (TPSA) is 52.8 Å². The van der Waals surface area contributed by atoms with Gasteiger partial charge in [0.2, 0.25) is 0 Å². The second kappa shape index (κ2) is 9.39. The molecule has 0 radical (unpaired) electrons. The maximum absolute atomic E-state index is 5.84. The third kappa shape index (κ3) is 5.03. The van der Waals surface area contributed by atoms with Crippen LogP contribution in [0.25, 0.3) is 11.4 Å². The first-order valence-electron chi connectivity index (χ1n) is 9.49. The Morgan fingerprint density at radius 3 is 2.52 bits per heavy atom. The van der Waals surface area contributed by atoms with E-state index in [0.29, 0.717) is 13.2 Å². The zero-order chi connectivity index (χ0) is 19.9. The van der Waals surface area contributed by atoms with Crippen LogP contribution in [-0.4, -0.2) is 32.1 Å². The van der Waals surface area contributed by atoms with E-state index < -0.39 is 0 Å². The Morgan fingerprint density at radius 1 is 0.931 bits per heavy atom. The van der Waals surface area contributed by atoms with Gasteiger partial charge in [0.1, 0.15) is 5.75 Å². The zero-order valence-electron chi connectivity index (χ0n) is 16.2. The molecular weight excluding hydrogens is 380 g/mol. The van der Waals surface area contributed by atoms with Gasteiger partial charge in [-0.05, 0) is 36.8 Å². The number of hydrogen-bond acceptors (Lipinski definition) is 5. The van der Waals surface area contributed by atoms with Gasteiger partial charge >= 0.3 is 0 Å². The van der Waals surface area contributed by atoms with Gasteiger partial charge in [-0.3, -0.25) is 9.55 Å². The lowest BCUT2D eigenvalue weighted by Crippen LogP contribution is -2.06. The molecule has 0 aliphatic rings. The first-order valence-corrected chi connectivity index (χ1v) is 10.5. The van der Waals surface area contributed by atoms with E-state index >= 15 is 0 Å². The largest absolute Gasteiger partial charge is 0.493 e. The highest BCUT2D eigenvalue weighted by molar-refractivity contribution is 7.99. The molecule has 0 saturated heterocycles. The van der Waals surface area contributed by atoms with Crippen molar-refractivity contribution in [3.8, 4) is 17.1 Å². The Balaban J connectivity index is 1.48. The number of aryl methyl sites for hydroxylation is 1. The third-order valence-corrected chi connectivity index (χ3v) is 5.36. The molecule has 2 aromatic carbocycles. The average Bonchev–Trinajstić information content (AvgIpc) is 3.16. The van der Waals surface area contributed by atoms with Crippen LogP contribution in [0.15, 0.2) is 84.3 Å². The fraction of sp³-hybridized carbons (Fsp3) is 0.174. The maximum Gasteiger partial charge on any atom is 0.191 e. The van der Waals surface area contributed by atoms with E-state index in [0.717, 1.165) is 28.0 Å². The highest BCUT2D eigenvalue weighted by Gasteiger charge is 2.15. The summed E-state index contributed by atoms with van der Waals surface area (Å²) in [7, 11) is 0. The minimum Gasteiger partial charge on any atom is -0.493 e. The van der Waals surface area contributed by atoms with E-state index in [1.807, 2.05) is 48.7 Å². The molecule has 0 aliphatic carbocycles. The molecule has 0 bridgehead atoms. The molecule has 2 heterocycles. The molecule has 4 aromatic rings. The zero-order valence-corrected chi connectivity index (χ0v) is 17.0. The van der Waals surface area contributed by atoms with Gasteiger partial charge in [-0.15, -0.1) is 10.2 Å². The second-order valence-corrected chi connectivity index (χ2v) is 7.69. The first kappa shape index (κ1) is 19.2. The molecule has 0 saturated carbocycles. The van der Waals surface area contributed by atoms with Gasteiger partial charge in [0.15, 0.2) is 11.0 Å². The van der Waals surface area contributed by atoms with Crippen molar-refractivity contribution in [1.29, 1.82) is 0 Å². The minimum absolute atomic E-state index is 0.605. The van der Waals surface area contributed by atoms with E-state index in [2.05, 4.69) is 50.9 Å². The Bertz CT molecular complexity index is 1030. The Labute approximate surface area is 174 Å². The number of thioether (sulfide) groups is 1. The van der Waals surface area contributed by atoms with Crippen LogP contribution in [-0.2, 0) is 6.54 Å². The van der Waals surface area contributed by atoms with Gasteiger partial charge in [0, 0.05) is 23.7 Å². The molecule has 0 unspecified atom stereocenters. The summed E-state index contributed by atoms with van der Waals surface area (Å²) in [6.07, 6.45) is 3.58. The third-order valence-electron chi connectivity index (χ3n) is 4.42. The Morgan fingerprint density at radius 2 is 1.76 bits per heavy atom. The molecule has 6 heteroatoms.